The number of nitrogens with one attached hydrogen (secondary N) is 1. The predicted octanol–water partition coefficient (Wildman–Crippen LogP) is 2.60. The minimum absolute atomic E-state index is 0.714. The van der Waals surface area contributed by atoms with Crippen LogP contribution in [0.1, 0.15) is 23.9 Å². The first kappa shape index (κ1) is 13.4. The van der Waals surface area contributed by atoms with E-state index in [1.54, 1.807) is 0 Å². The molecule has 19 heavy (non-hydrogen) atoms. The first-order valence-electron chi connectivity index (χ1n) is 6.45. The molecule has 0 radical (unpaired) electrons. The van der Waals surface area contributed by atoms with Crippen molar-refractivity contribution in [2.24, 2.45) is 0 Å². The molecule has 1 N–H and O–H groups in total. The van der Waals surface area contributed by atoms with Crippen molar-refractivity contribution in [2.45, 2.75) is 27.3 Å². The summed E-state index contributed by atoms with van der Waals surface area (Å²) in [6.07, 6.45) is 0. The van der Waals surface area contributed by atoms with Crippen LogP contribution in [0, 0.1) is 25.7 Å². The van der Waals surface area contributed by atoms with Crippen molar-refractivity contribution in [3.05, 3.63) is 47.3 Å². The van der Waals surface area contributed by atoms with Crippen LogP contribution in [0.4, 0.5) is 0 Å². The van der Waals surface area contributed by atoms with Crippen LogP contribution in [0.5, 0.6) is 0 Å². The van der Waals surface area contributed by atoms with E-state index in [1.807, 2.05) is 29.8 Å². The number of aryl methyl sites for hydroxylation is 1. The van der Waals surface area contributed by atoms with Gasteiger partial charge in [-0.05, 0) is 32.9 Å². The summed E-state index contributed by atoms with van der Waals surface area (Å²) in [6.45, 7) is 7.53. The molecule has 3 heteroatoms. The molecule has 0 amide bonds. The second-order valence-corrected chi connectivity index (χ2v) is 4.43. The molecule has 2 rings (SSSR count). The molecule has 0 aliphatic heterocycles. The van der Waals surface area contributed by atoms with E-state index >= 15 is 0 Å². The quantitative estimate of drug-likeness (QED) is 0.670. The predicted molar refractivity (Wildman–Crippen MR) is 78.2 cm³/mol. The molecule has 0 bridgehead atoms. The highest BCUT2D eigenvalue weighted by molar-refractivity contribution is 5.36. The van der Waals surface area contributed by atoms with Gasteiger partial charge in [0.2, 0.25) is 0 Å². The molecular weight excluding hydrogens is 234 g/mol. The van der Waals surface area contributed by atoms with Crippen LogP contribution in [-0.2, 0) is 6.54 Å². The average Bonchev–Trinajstić information content (AvgIpc) is 2.72. The summed E-state index contributed by atoms with van der Waals surface area (Å²) in [4.78, 5) is 0. The van der Waals surface area contributed by atoms with Crippen LogP contribution >= 0.6 is 0 Å². The molecule has 3 nitrogen and oxygen atoms in total. The van der Waals surface area contributed by atoms with Gasteiger partial charge in [-0.3, -0.25) is 0 Å². The van der Waals surface area contributed by atoms with Gasteiger partial charge in [-0.2, -0.15) is 5.10 Å². The van der Waals surface area contributed by atoms with Gasteiger partial charge in [0, 0.05) is 17.8 Å². The molecule has 1 heterocycles. The number of para-hydroxylation sites is 1. The van der Waals surface area contributed by atoms with Crippen LogP contribution in [-0.4, -0.2) is 16.3 Å². The van der Waals surface area contributed by atoms with E-state index in [1.165, 1.54) is 11.3 Å². The summed E-state index contributed by atoms with van der Waals surface area (Å²) in [6, 6.07) is 10.2. The van der Waals surface area contributed by atoms with Gasteiger partial charge >= 0.3 is 0 Å². The van der Waals surface area contributed by atoms with Gasteiger partial charge in [0.05, 0.1) is 17.9 Å². The molecule has 0 spiro atoms. The van der Waals surface area contributed by atoms with Gasteiger partial charge in [-0.15, -0.1) is 5.92 Å². The topological polar surface area (TPSA) is 29.9 Å². The molecule has 0 atom stereocenters. The lowest BCUT2D eigenvalue weighted by Crippen LogP contribution is -2.14. The Morgan fingerprint density at radius 2 is 1.95 bits per heavy atom. The summed E-state index contributed by atoms with van der Waals surface area (Å²) < 4.78 is 2.00. The standard InChI is InChI=1S/C16H19N3/c1-4-5-11-17-12-16-13(2)18-19(14(16)3)15-9-7-6-8-10-15/h6-10,17H,11-12H2,1-3H3. The highest BCUT2D eigenvalue weighted by Crippen LogP contribution is 2.17. The summed E-state index contributed by atoms with van der Waals surface area (Å²) in [5, 5.41) is 7.94. The van der Waals surface area contributed by atoms with Gasteiger partial charge in [-0.1, -0.05) is 24.1 Å². The van der Waals surface area contributed by atoms with Crippen molar-refractivity contribution in [1.29, 1.82) is 0 Å². The van der Waals surface area contributed by atoms with E-state index in [0.717, 1.165) is 17.9 Å². The fourth-order valence-electron chi connectivity index (χ4n) is 2.09. The largest absolute Gasteiger partial charge is 0.302 e. The molecule has 0 unspecified atom stereocenters. The molecule has 2 aromatic rings. The lowest BCUT2D eigenvalue weighted by molar-refractivity contribution is 0.759. The number of aromatic nitrogens is 2. The lowest BCUT2D eigenvalue weighted by Gasteiger charge is -2.05. The van der Waals surface area contributed by atoms with Crippen molar-refractivity contribution < 1.29 is 0 Å². The zero-order chi connectivity index (χ0) is 13.7. The Morgan fingerprint density at radius 1 is 1.21 bits per heavy atom. The first-order chi connectivity index (χ1) is 9.24. The summed E-state index contributed by atoms with van der Waals surface area (Å²) >= 11 is 0. The van der Waals surface area contributed by atoms with E-state index in [-0.39, 0.29) is 0 Å². The Hall–Kier alpha value is -2.05. The lowest BCUT2D eigenvalue weighted by atomic mass is 10.2. The molecule has 98 valence electrons. The fourth-order valence-corrected chi connectivity index (χ4v) is 2.09. The van der Waals surface area contributed by atoms with Gasteiger partial charge in [0.25, 0.3) is 0 Å². The second kappa shape index (κ2) is 6.21. The maximum Gasteiger partial charge on any atom is 0.0648 e. The minimum Gasteiger partial charge on any atom is -0.302 e. The van der Waals surface area contributed by atoms with Crippen LogP contribution in [0.15, 0.2) is 30.3 Å². The average molecular weight is 253 g/mol. The molecule has 0 saturated carbocycles. The van der Waals surface area contributed by atoms with Crippen LogP contribution < -0.4 is 5.32 Å². The van der Waals surface area contributed by atoms with Crippen molar-refractivity contribution >= 4 is 0 Å². The highest BCUT2D eigenvalue weighted by atomic mass is 15.3. The maximum absolute atomic E-state index is 4.62. The first-order valence-corrected chi connectivity index (χ1v) is 6.45. The third-order valence-electron chi connectivity index (χ3n) is 3.13. The van der Waals surface area contributed by atoms with Crippen LogP contribution in [0.25, 0.3) is 5.69 Å². The van der Waals surface area contributed by atoms with Gasteiger partial charge in [-0.25, -0.2) is 4.68 Å². The summed E-state index contributed by atoms with van der Waals surface area (Å²) in [5.41, 5.74) is 4.60. The maximum atomic E-state index is 4.62. The fraction of sp³-hybridized carbons (Fsp3) is 0.312. The van der Waals surface area contributed by atoms with Crippen molar-refractivity contribution in [1.82, 2.24) is 15.1 Å². The van der Waals surface area contributed by atoms with Crippen molar-refractivity contribution in [3.8, 4) is 17.5 Å². The molecule has 1 aromatic carbocycles. The normalized spacial score (nSPS) is 10.1. The molecule has 0 aliphatic rings. The number of rotatable bonds is 4. The molecule has 1 aromatic heterocycles. The van der Waals surface area contributed by atoms with Crippen LogP contribution in [0.3, 0.4) is 0 Å². The Kier molecular flexibility index (Phi) is 4.38. The monoisotopic (exact) mass is 253 g/mol. The third-order valence-corrected chi connectivity index (χ3v) is 3.13. The van der Waals surface area contributed by atoms with Gasteiger partial charge < -0.3 is 5.32 Å². The Labute approximate surface area is 114 Å². The zero-order valence-corrected chi connectivity index (χ0v) is 11.7. The van der Waals surface area contributed by atoms with E-state index in [0.29, 0.717) is 6.54 Å². The van der Waals surface area contributed by atoms with Crippen LogP contribution in [0.2, 0.25) is 0 Å². The number of hydrogen-bond acceptors (Lipinski definition) is 2. The highest BCUT2D eigenvalue weighted by Gasteiger charge is 2.11. The summed E-state index contributed by atoms with van der Waals surface area (Å²) in [7, 11) is 0. The Balaban J connectivity index is 2.22. The van der Waals surface area contributed by atoms with Gasteiger partial charge in [0.1, 0.15) is 0 Å². The van der Waals surface area contributed by atoms with E-state index < -0.39 is 0 Å². The SMILES string of the molecule is CC#CCNCc1c(C)nn(-c2ccccc2)c1C. The number of hydrogen-bond donors (Lipinski definition) is 1. The molecule has 0 aliphatic carbocycles. The minimum atomic E-state index is 0.714. The number of nitrogens with zero attached hydrogens (tertiary/aromatic N) is 2. The van der Waals surface area contributed by atoms with E-state index in [9.17, 15) is 0 Å². The Morgan fingerprint density at radius 3 is 2.63 bits per heavy atom. The molecule has 0 fully saturated rings. The van der Waals surface area contributed by atoms with E-state index in [4.69, 9.17) is 0 Å². The molecule has 0 saturated heterocycles. The summed E-state index contributed by atoms with van der Waals surface area (Å²) in [5.74, 6) is 5.89. The zero-order valence-electron chi connectivity index (χ0n) is 11.7. The smallest absolute Gasteiger partial charge is 0.0648 e. The number of benzene rings is 1. The van der Waals surface area contributed by atoms with Crippen molar-refractivity contribution in [2.75, 3.05) is 6.54 Å². The second-order valence-electron chi connectivity index (χ2n) is 4.43. The third kappa shape index (κ3) is 3.04. The van der Waals surface area contributed by atoms with Crippen molar-refractivity contribution in [3.63, 3.8) is 0 Å². The Bertz CT molecular complexity index is 600. The van der Waals surface area contributed by atoms with Gasteiger partial charge in [0.15, 0.2) is 0 Å². The van der Waals surface area contributed by atoms with E-state index in [2.05, 4.69) is 48.2 Å². The molecular formula is C16H19N3.